The van der Waals surface area contributed by atoms with Gasteiger partial charge >= 0.3 is 0 Å². The first-order valence-electron chi connectivity index (χ1n) is 6.39. The first-order valence-corrected chi connectivity index (χ1v) is 7.19. The van der Waals surface area contributed by atoms with Crippen LogP contribution in [-0.4, -0.2) is 19.1 Å². The minimum absolute atomic E-state index is 0.450. The van der Waals surface area contributed by atoms with Crippen LogP contribution in [0.3, 0.4) is 0 Å². The normalized spacial score (nSPS) is 10.2. The zero-order valence-electron chi connectivity index (χ0n) is 11.3. The Morgan fingerprint density at radius 1 is 1.14 bits per heavy atom. The van der Waals surface area contributed by atoms with Crippen molar-refractivity contribution in [2.24, 2.45) is 11.5 Å². The number of carbonyl (C=O) groups is 1. The van der Waals surface area contributed by atoms with Crippen molar-refractivity contribution in [3.8, 4) is 5.75 Å². The smallest absolute Gasteiger partial charge is 0.249 e. The molecule has 2 aromatic carbocycles. The SMILES string of the molecule is NCCOc1ccc(Nc2ccc(C(N)=O)c(Br)c2)cc1. The van der Waals surface area contributed by atoms with Crippen molar-refractivity contribution in [3.05, 3.63) is 52.5 Å². The van der Waals surface area contributed by atoms with Crippen LogP contribution in [0.15, 0.2) is 46.9 Å². The number of nitrogens with two attached hydrogens (primary N) is 2. The molecule has 21 heavy (non-hydrogen) atoms. The molecule has 2 rings (SSSR count). The van der Waals surface area contributed by atoms with E-state index in [1.165, 1.54) is 0 Å². The predicted octanol–water partition coefficient (Wildman–Crippen LogP) is 2.63. The predicted molar refractivity (Wildman–Crippen MR) is 86.9 cm³/mol. The summed E-state index contributed by atoms with van der Waals surface area (Å²) < 4.78 is 6.07. The zero-order chi connectivity index (χ0) is 15.2. The van der Waals surface area contributed by atoms with Crippen LogP contribution >= 0.6 is 15.9 Å². The number of anilines is 2. The Balaban J connectivity index is 2.07. The Hall–Kier alpha value is -2.05. The largest absolute Gasteiger partial charge is 0.492 e. The summed E-state index contributed by atoms with van der Waals surface area (Å²) in [7, 11) is 0. The van der Waals surface area contributed by atoms with Gasteiger partial charge in [-0.3, -0.25) is 4.79 Å². The average Bonchev–Trinajstić information content (AvgIpc) is 2.46. The Kier molecular flexibility index (Phi) is 5.19. The minimum atomic E-state index is -0.463. The van der Waals surface area contributed by atoms with Gasteiger partial charge in [0.05, 0.1) is 5.56 Å². The second-order valence-corrected chi connectivity index (χ2v) is 5.20. The number of hydrogen-bond acceptors (Lipinski definition) is 4. The molecule has 5 N–H and O–H groups in total. The van der Waals surface area contributed by atoms with Gasteiger partial charge in [-0.25, -0.2) is 0 Å². The van der Waals surface area contributed by atoms with E-state index in [1.54, 1.807) is 18.2 Å². The van der Waals surface area contributed by atoms with Gasteiger partial charge in [0, 0.05) is 22.4 Å². The van der Waals surface area contributed by atoms with Crippen LogP contribution in [0.25, 0.3) is 0 Å². The molecule has 0 spiro atoms. The van der Waals surface area contributed by atoms with E-state index in [2.05, 4.69) is 21.2 Å². The van der Waals surface area contributed by atoms with E-state index in [1.807, 2.05) is 24.3 Å². The molecule has 0 saturated carbocycles. The van der Waals surface area contributed by atoms with Gasteiger partial charge in [0.25, 0.3) is 0 Å². The van der Waals surface area contributed by atoms with Gasteiger partial charge in [-0.05, 0) is 58.4 Å². The van der Waals surface area contributed by atoms with Crippen molar-refractivity contribution in [1.29, 1.82) is 0 Å². The maximum atomic E-state index is 11.2. The molecule has 1 amide bonds. The van der Waals surface area contributed by atoms with Crippen LogP contribution < -0.4 is 21.5 Å². The number of benzene rings is 2. The molecule has 6 heteroatoms. The van der Waals surface area contributed by atoms with Gasteiger partial charge < -0.3 is 21.5 Å². The van der Waals surface area contributed by atoms with Crippen molar-refractivity contribution in [2.75, 3.05) is 18.5 Å². The van der Waals surface area contributed by atoms with Gasteiger partial charge in [-0.15, -0.1) is 0 Å². The number of primary amides is 1. The number of nitrogens with one attached hydrogen (secondary N) is 1. The Labute approximate surface area is 131 Å². The number of carbonyl (C=O) groups excluding carboxylic acids is 1. The summed E-state index contributed by atoms with van der Waals surface area (Å²) >= 11 is 3.33. The standard InChI is InChI=1S/C15H16BrN3O2/c16-14-9-11(3-6-13(14)15(18)20)19-10-1-4-12(5-2-10)21-8-7-17/h1-6,9,19H,7-8,17H2,(H2,18,20). The molecule has 0 bridgehead atoms. The fourth-order valence-corrected chi connectivity index (χ4v) is 2.34. The molecular formula is C15H16BrN3O2. The van der Waals surface area contributed by atoms with Gasteiger partial charge in [-0.2, -0.15) is 0 Å². The fraction of sp³-hybridized carbons (Fsp3) is 0.133. The first kappa shape index (κ1) is 15.3. The summed E-state index contributed by atoms with van der Waals surface area (Å²) in [6.07, 6.45) is 0. The zero-order valence-corrected chi connectivity index (χ0v) is 12.9. The minimum Gasteiger partial charge on any atom is -0.492 e. The molecule has 0 aliphatic carbocycles. The topological polar surface area (TPSA) is 90.4 Å². The molecule has 5 nitrogen and oxygen atoms in total. The molecule has 2 aromatic rings. The first-order chi connectivity index (χ1) is 10.1. The number of rotatable bonds is 6. The number of hydrogen-bond donors (Lipinski definition) is 3. The summed E-state index contributed by atoms with van der Waals surface area (Å²) in [5.74, 6) is 0.311. The molecule has 0 unspecified atom stereocenters. The number of halogens is 1. The highest BCUT2D eigenvalue weighted by Gasteiger charge is 2.06. The molecular weight excluding hydrogens is 334 g/mol. The Morgan fingerprint density at radius 2 is 1.81 bits per heavy atom. The van der Waals surface area contributed by atoms with Crippen LogP contribution in [0.5, 0.6) is 5.75 Å². The van der Waals surface area contributed by atoms with Gasteiger partial charge in [0.2, 0.25) is 5.91 Å². The summed E-state index contributed by atoms with van der Waals surface area (Å²) in [5, 5.41) is 3.23. The molecule has 110 valence electrons. The van der Waals surface area contributed by atoms with Gasteiger partial charge in [-0.1, -0.05) is 0 Å². The maximum Gasteiger partial charge on any atom is 0.249 e. The molecule has 0 saturated heterocycles. The van der Waals surface area contributed by atoms with Crippen molar-refractivity contribution in [1.82, 2.24) is 0 Å². The lowest BCUT2D eigenvalue weighted by atomic mass is 10.2. The van der Waals surface area contributed by atoms with Crippen LogP contribution in [0, 0.1) is 0 Å². The third-order valence-corrected chi connectivity index (χ3v) is 3.42. The maximum absolute atomic E-state index is 11.2. The lowest BCUT2D eigenvalue weighted by Gasteiger charge is -2.10. The highest BCUT2D eigenvalue weighted by Crippen LogP contribution is 2.25. The molecule has 0 radical (unpaired) electrons. The summed E-state index contributed by atoms with van der Waals surface area (Å²) in [6, 6.07) is 12.8. The second-order valence-electron chi connectivity index (χ2n) is 4.35. The van der Waals surface area contributed by atoms with E-state index in [-0.39, 0.29) is 0 Å². The van der Waals surface area contributed by atoms with Gasteiger partial charge in [0.15, 0.2) is 0 Å². The quantitative estimate of drug-likeness (QED) is 0.747. The third kappa shape index (κ3) is 4.21. The second kappa shape index (κ2) is 7.10. The van der Waals surface area contributed by atoms with Crippen LogP contribution in [0.4, 0.5) is 11.4 Å². The van der Waals surface area contributed by atoms with Crippen molar-refractivity contribution < 1.29 is 9.53 Å². The molecule has 0 atom stereocenters. The Morgan fingerprint density at radius 3 is 2.38 bits per heavy atom. The Bertz CT molecular complexity index is 629. The van der Waals surface area contributed by atoms with E-state index in [0.717, 1.165) is 17.1 Å². The van der Waals surface area contributed by atoms with Crippen molar-refractivity contribution in [2.45, 2.75) is 0 Å². The van der Waals surface area contributed by atoms with E-state index in [9.17, 15) is 4.79 Å². The molecule has 0 aliphatic rings. The summed E-state index contributed by atoms with van der Waals surface area (Å²) in [4.78, 5) is 11.2. The fourth-order valence-electron chi connectivity index (χ4n) is 1.77. The van der Waals surface area contributed by atoms with Crippen LogP contribution in [-0.2, 0) is 0 Å². The van der Waals surface area contributed by atoms with Crippen molar-refractivity contribution in [3.63, 3.8) is 0 Å². The average molecular weight is 350 g/mol. The summed E-state index contributed by atoms with van der Waals surface area (Å²) in [5.41, 5.74) is 12.9. The lowest BCUT2D eigenvalue weighted by Crippen LogP contribution is -2.11. The van der Waals surface area contributed by atoms with E-state index >= 15 is 0 Å². The molecule has 0 heterocycles. The molecule has 0 fully saturated rings. The van der Waals surface area contributed by atoms with Crippen molar-refractivity contribution >= 4 is 33.2 Å². The van der Waals surface area contributed by atoms with Crippen LogP contribution in [0.2, 0.25) is 0 Å². The number of ether oxygens (including phenoxy) is 1. The molecule has 0 aromatic heterocycles. The van der Waals surface area contributed by atoms with Crippen LogP contribution in [0.1, 0.15) is 10.4 Å². The van der Waals surface area contributed by atoms with E-state index in [0.29, 0.717) is 23.2 Å². The summed E-state index contributed by atoms with van der Waals surface area (Å²) in [6.45, 7) is 0.981. The highest BCUT2D eigenvalue weighted by molar-refractivity contribution is 9.10. The van der Waals surface area contributed by atoms with E-state index in [4.69, 9.17) is 16.2 Å². The van der Waals surface area contributed by atoms with E-state index < -0.39 is 5.91 Å². The highest BCUT2D eigenvalue weighted by atomic mass is 79.9. The molecule has 0 aliphatic heterocycles. The monoisotopic (exact) mass is 349 g/mol. The van der Waals surface area contributed by atoms with Gasteiger partial charge in [0.1, 0.15) is 12.4 Å². The lowest BCUT2D eigenvalue weighted by molar-refractivity contribution is 0.0999. The third-order valence-electron chi connectivity index (χ3n) is 2.76. The number of amides is 1.